The maximum atomic E-state index is 6.20. The average Bonchev–Trinajstić information content (AvgIpc) is 3.23. The molecule has 0 N–H and O–H groups in total. The Balaban J connectivity index is 1.43. The molecule has 3 nitrogen and oxygen atoms in total. The maximum Gasteiger partial charge on any atom is 0.123 e. The van der Waals surface area contributed by atoms with E-state index in [9.17, 15) is 0 Å². The largest absolute Gasteiger partial charge is 0.496 e. The van der Waals surface area contributed by atoms with Crippen LogP contribution in [0.3, 0.4) is 0 Å². The van der Waals surface area contributed by atoms with Crippen molar-refractivity contribution in [3.05, 3.63) is 70.8 Å². The second-order valence-electron chi connectivity index (χ2n) is 12.9. The summed E-state index contributed by atoms with van der Waals surface area (Å²) in [5, 5.41) is 4.25. The molecule has 0 unspecified atom stereocenters. The van der Waals surface area contributed by atoms with Crippen molar-refractivity contribution in [3.8, 4) is 11.5 Å². The Bertz CT molecular complexity index is 1390. The topological polar surface area (TPSA) is 23.4 Å². The lowest BCUT2D eigenvalue weighted by molar-refractivity contribution is 0.301. The molecule has 0 aliphatic heterocycles. The van der Waals surface area contributed by atoms with Gasteiger partial charge in [-0.15, -0.1) is 0 Å². The molecule has 4 aromatic rings. The fraction of sp³-hybridized carbons (Fsp3) is 0.486. The lowest BCUT2D eigenvalue weighted by atomic mass is 9.85. The minimum atomic E-state index is 0.128. The Hall–Kier alpha value is -1.98. The Kier molecular flexibility index (Phi) is 9.99. The molecular weight excluding hydrogens is 626 g/mol. The number of alkyl halides is 2. The van der Waals surface area contributed by atoms with Gasteiger partial charge in [0.25, 0.3) is 0 Å². The van der Waals surface area contributed by atoms with E-state index in [2.05, 4.69) is 127 Å². The van der Waals surface area contributed by atoms with E-state index in [1.807, 2.05) is 0 Å². The van der Waals surface area contributed by atoms with Crippen LogP contribution in [0.2, 0.25) is 0 Å². The lowest BCUT2D eigenvalue weighted by Crippen LogP contribution is -2.10. The summed E-state index contributed by atoms with van der Waals surface area (Å²) in [5.41, 5.74) is 7.97. The second-order valence-corrected chi connectivity index (χ2v) is 14.0. The third-order valence-electron chi connectivity index (χ3n) is 7.88. The van der Waals surface area contributed by atoms with E-state index in [0.29, 0.717) is 0 Å². The SMILES string of the molecule is COc1cc(CBr)c(OCCCCCCn2c3ccc(C(C)(C)C)cc3c3cc(C(C)(C)C)ccc32)cc1CBr. The van der Waals surface area contributed by atoms with Crippen LogP contribution in [0.25, 0.3) is 21.8 Å². The van der Waals surface area contributed by atoms with Gasteiger partial charge in [-0.05, 0) is 71.2 Å². The average molecular weight is 672 g/mol. The first kappa shape index (κ1) is 31.0. The highest BCUT2D eigenvalue weighted by molar-refractivity contribution is 9.08. The Morgan fingerprint density at radius 1 is 0.650 bits per heavy atom. The number of halogens is 2. The lowest BCUT2D eigenvalue weighted by Gasteiger charge is -2.19. The molecule has 0 aliphatic rings. The summed E-state index contributed by atoms with van der Waals surface area (Å²) in [6, 6.07) is 18.4. The van der Waals surface area contributed by atoms with Crippen molar-refractivity contribution >= 4 is 53.7 Å². The van der Waals surface area contributed by atoms with Gasteiger partial charge in [-0.1, -0.05) is 98.4 Å². The molecule has 1 heterocycles. The predicted octanol–water partition coefficient (Wildman–Crippen LogP) is 10.8. The van der Waals surface area contributed by atoms with Crippen molar-refractivity contribution in [1.82, 2.24) is 4.57 Å². The van der Waals surface area contributed by atoms with Crippen LogP contribution in [0, 0.1) is 0 Å². The highest BCUT2D eigenvalue weighted by Gasteiger charge is 2.20. The van der Waals surface area contributed by atoms with Gasteiger partial charge in [-0.2, -0.15) is 0 Å². The van der Waals surface area contributed by atoms with Crippen LogP contribution in [-0.4, -0.2) is 18.3 Å². The molecule has 1 aromatic heterocycles. The number of ether oxygens (including phenoxy) is 2. The van der Waals surface area contributed by atoms with E-state index in [4.69, 9.17) is 9.47 Å². The van der Waals surface area contributed by atoms with Crippen molar-refractivity contribution in [2.24, 2.45) is 0 Å². The van der Waals surface area contributed by atoms with Crippen LogP contribution in [0.15, 0.2) is 48.5 Å². The molecule has 0 atom stereocenters. The van der Waals surface area contributed by atoms with Gasteiger partial charge in [0.2, 0.25) is 0 Å². The van der Waals surface area contributed by atoms with E-state index in [1.165, 1.54) is 39.4 Å². The molecule has 40 heavy (non-hydrogen) atoms. The van der Waals surface area contributed by atoms with Gasteiger partial charge in [0.15, 0.2) is 0 Å². The zero-order chi connectivity index (χ0) is 29.1. The Morgan fingerprint density at radius 2 is 1.15 bits per heavy atom. The van der Waals surface area contributed by atoms with Crippen molar-refractivity contribution < 1.29 is 9.47 Å². The summed E-state index contributed by atoms with van der Waals surface area (Å²) in [6.45, 7) is 15.6. The van der Waals surface area contributed by atoms with Crippen LogP contribution < -0.4 is 9.47 Å². The number of benzene rings is 3. The normalized spacial score (nSPS) is 12.4. The van der Waals surface area contributed by atoms with E-state index < -0.39 is 0 Å². The number of aryl methyl sites for hydroxylation is 1. The monoisotopic (exact) mass is 669 g/mol. The molecule has 0 saturated heterocycles. The summed E-state index contributed by atoms with van der Waals surface area (Å²) in [7, 11) is 1.71. The third-order valence-corrected chi connectivity index (χ3v) is 9.09. The maximum absolute atomic E-state index is 6.20. The molecule has 3 aromatic carbocycles. The standard InChI is InChI=1S/C35H45Br2NO2/c1-34(2,3)26-12-14-30-28(20-26)29-21-27(35(4,5)6)13-15-31(29)38(30)16-10-8-9-11-17-40-33-19-24(22-36)32(39-7)18-25(33)23-37/h12-15,18-21H,8-11,16-17,22-23H2,1-7H3. The fourth-order valence-electron chi connectivity index (χ4n) is 5.36. The number of fused-ring (bicyclic) bond motifs is 3. The number of nitrogens with zero attached hydrogens (tertiary/aromatic N) is 1. The quantitative estimate of drug-likeness (QED) is 0.117. The van der Waals surface area contributed by atoms with E-state index in [0.717, 1.165) is 65.7 Å². The molecule has 216 valence electrons. The van der Waals surface area contributed by atoms with Gasteiger partial charge in [-0.25, -0.2) is 0 Å². The molecule has 0 radical (unpaired) electrons. The Morgan fingerprint density at radius 3 is 1.65 bits per heavy atom. The number of hydrogen-bond acceptors (Lipinski definition) is 2. The summed E-state index contributed by atoms with van der Waals surface area (Å²) in [6.07, 6.45) is 4.55. The molecule has 0 bridgehead atoms. The molecule has 0 aliphatic carbocycles. The van der Waals surface area contributed by atoms with E-state index >= 15 is 0 Å². The summed E-state index contributed by atoms with van der Waals surface area (Å²) < 4.78 is 14.3. The molecule has 0 spiro atoms. The van der Waals surface area contributed by atoms with E-state index in [1.54, 1.807) is 7.11 Å². The fourth-order valence-corrected chi connectivity index (χ4v) is 6.24. The Labute approximate surface area is 257 Å². The van der Waals surface area contributed by atoms with Gasteiger partial charge in [0.05, 0.1) is 13.7 Å². The first-order valence-electron chi connectivity index (χ1n) is 14.5. The first-order chi connectivity index (χ1) is 19.0. The van der Waals surface area contributed by atoms with Crippen molar-refractivity contribution in [2.45, 2.75) is 95.3 Å². The highest BCUT2D eigenvalue weighted by Crippen LogP contribution is 2.36. The molecule has 0 fully saturated rings. The second kappa shape index (κ2) is 12.9. The van der Waals surface area contributed by atoms with Crippen LogP contribution >= 0.6 is 31.9 Å². The van der Waals surface area contributed by atoms with Crippen LogP contribution in [-0.2, 0) is 28.0 Å². The minimum Gasteiger partial charge on any atom is -0.496 e. The van der Waals surface area contributed by atoms with Crippen LogP contribution in [0.5, 0.6) is 11.5 Å². The van der Waals surface area contributed by atoms with Crippen molar-refractivity contribution in [1.29, 1.82) is 0 Å². The van der Waals surface area contributed by atoms with E-state index in [-0.39, 0.29) is 10.8 Å². The first-order valence-corrected chi connectivity index (χ1v) is 16.7. The summed E-state index contributed by atoms with van der Waals surface area (Å²) in [4.78, 5) is 0. The van der Waals surface area contributed by atoms with Crippen molar-refractivity contribution in [2.75, 3.05) is 13.7 Å². The predicted molar refractivity (Wildman–Crippen MR) is 179 cm³/mol. The minimum absolute atomic E-state index is 0.128. The number of methoxy groups -OCH3 is 1. The summed E-state index contributed by atoms with van der Waals surface area (Å²) >= 11 is 7.15. The summed E-state index contributed by atoms with van der Waals surface area (Å²) in [5.74, 6) is 1.84. The highest BCUT2D eigenvalue weighted by atomic mass is 79.9. The van der Waals surface area contributed by atoms with Gasteiger partial charge in [0.1, 0.15) is 11.5 Å². The zero-order valence-electron chi connectivity index (χ0n) is 25.3. The third kappa shape index (κ3) is 6.90. The van der Waals surface area contributed by atoms with Gasteiger partial charge >= 0.3 is 0 Å². The van der Waals surface area contributed by atoms with Gasteiger partial charge in [0, 0.05) is 50.1 Å². The van der Waals surface area contributed by atoms with Crippen molar-refractivity contribution in [3.63, 3.8) is 0 Å². The zero-order valence-corrected chi connectivity index (χ0v) is 28.5. The molecule has 5 heteroatoms. The number of hydrogen-bond donors (Lipinski definition) is 0. The molecule has 0 saturated carbocycles. The number of rotatable bonds is 11. The number of unbranched alkanes of at least 4 members (excludes halogenated alkanes) is 3. The smallest absolute Gasteiger partial charge is 0.123 e. The molecule has 4 rings (SSSR count). The van der Waals surface area contributed by atoms with Crippen LogP contribution in [0.1, 0.15) is 89.5 Å². The molecular formula is C35H45Br2NO2. The van der Waals surface area contributed by atoms with Gasteiger partial charge in [-0.3, -0.25) is 0 Å². The molecule has 0 amide bonds. The van der Waals surface area contributed by atoms with Crippen LogP contribution in [0.4, 0.5) is 0 Å². The van der Waals surface area contributed by atoms with Gasteiger partial charge < -0.3 is 14.0 Å². The number of aromatic nitrogens is 1.